The van der Waals surface area contributed by atoms with Crippen LogP contribution in [-0.4, -0.2) is 20.3 Å². The van der Waals surface area contributed by atoms with Gasteiger partial charge in [-0.25, -0.2) is 4.98 Å². The van der Waals surface area contributed by atoms with E-state index in [4.69, 9.17) is 5.73 Å². The number of aromatic hydroxyl groups is 1. The van der Waals surface area contributed by atoms with Crippen molar-refractivity contribution >= 4 is 5.69 Å². The van der Waals surface area contributed by atoms with Crippen LogP contribution in [-0.2, 0) is 6.42 Å². The highest BCUT2D eigenvalue weighted by atomic mass is 16.3. The Morgan fingerprint density at radius 2 is 1.90 bits per heavy atom. The van der Waals surface area contributed by atoms with E-state index < -0.39 is 0 Å². The number of rotatable bonds is 3. The Morgan fingerprint density at radius 1 is 1.10 bits per heavy atom. The molecule has 0 atom stereocenters. The molecule has 100 valence electrons. The predicted molar refractivity (Wildman–Crippen MR) is 77.1 cm³/mol. The molecule has 3 rings (SSSR count). The topological polar surface area (TPSA) is 87.8 Å². The van der Waals surface area contributed by atoms with Crippen molar-refractivity contribution in [1.29, 1.82) is 0 Å². The maximum Gasteiger partial charge on any atom is 0.181 e. The van der Waals surface area contributed by atoms with Crippen molar-refractivity contribution in [1.82, 2.24) is 15.2 Å². The van der Waals surface area contributed by atoms with Crippen LogP contribution < -0.4 is 5.73 Å². The zero-order valence-electron chi connectivity index (χ0n) is 10.7. The smallest absolute Gasteiger partial charge is 0.181 e. The number of hydrogen-bond acceptors (Lipinski definition) is 4. The molecule has 4 N–H and O–H groups in total. The summed E-state index contributed by atoms with van der Waals surface area (Å²) >= 11 is 0. The average molecular weight is 266 g/mol. The van der Waals surface area contributed by atoms with Crippen molar-refractivity contribution < 1.29 is 5.11 Å². The van der Waals surface area contributed by atoms with E-state index in [1.807, 2.05) is 30.3 Å². The van der Waals surface area contributed by atoms with Gasteiger partial charge in [0.2, 0.25) is 0 Å². The van der Waals surface area contributed by atoms with E-state index in [1.165, 1.54) is 0 Å². The van der Waals surface area contributed by atoms with Gasteiger partial charge in [0.25, 0.3) is 0 Å². The third-order valence-electron chi connectivity index (χ3n) is 2.99. The molecule has 0 unspecified atom stereocenters. The summed E-state index contributed by atoms with van der Waals surface area (Å²) in [4.78, 5) is 4.43. The first-order valence-electron chi connectivity index (χ1n) is 6.26. The third-order valence-corrected chi connectivity index (χ3v) is 2.99. The minimum Gasteiger partial charge on any atom is -0.508 e. The van der Waals surface area contributed by atoms with Crippen molar-refractivity contribution in [3.63, 3.8) is 0 Å². The fourth-order valence-electron chi connectivity index (χ4n) is 1.98. The summed E-state index contributed by atoms with van der Waals surface area (Å²) in [5, 5.41) is 16.5. The molecule has 1 heterocycles. The summed E-state index contributed by atoms with van der Waals surface area (Å²) in [5.74, 6) is 1.55. The Kier molecular flexibility index (Phi) is 3.09. The van der Waals surface area contributed by atoms with Crippen LogP contribution in [0, 0.1) is 0 Å². The highest BCUT2D eigenvalue weighted by molar-refractivity contribution is 5.56. The van der Waals surface area contributed by atoms with Crippen molar-refractivity contribution in [2.45, 2.75) is 6.42 Å². The van der Waals surface area contributed by atoms with Crippen LogP contribution in [0.4, 0.5) is 5.69 Å². The summed E-state index contributed by atoms with van der Waals surface area (Å²) in [5.41, 5.74) is 8.29. The van der Waals surface area contributed by atoms with E-state index in [-0.39, 0.29) is 5.75 Å². The van der Waals surface area contributed by atoms with Gasteiger partial charge in [-0.2, -0.15) is 5.10 Å². The van der Waals surface area contributed by atoms with Gasteiger partial charge in [0.15, 0.2) is 5.82 Å². The number of hydrogen-bond donors (Lipinski definition) is 3. The van der Waals surface area contributed by atoms with Gasteiger partial charge in [-0.3, -0.25) is 5.10 Å². The third kappa shape index (κ3) is 2.61. The molecule has 0 aliphatic heterocycles. The van der Waals surface area contributed by atoms with Crippen LogP contribution in [0.2, 0.25) is 0 Å². The molecule has 0 aliphatic carbocycles. The first-order chi connectivity index (χ1) is 9.70. The van der Waals surface area contributed by atoms with Gasteiger partial charge >= 0.3 is 0 Å². The van der Waals surface area contributed by atoms with Crippen LogP contribution in [0.1, 0.15) is 11.4 Å². The second-order valence-corrected chi connectivity index (χ2v) is 4.57. The lowest BCUT2D eigenvalue weighted by atomic mass is 10.1. The molecule has 0 bridgehead atoms. The number of aromatic nitrogens is 3. The standard InChI is InChI=1S/C15H14N4O/c16-12-6-4-10(5-7-12)8-14-17-15(19-18-14)11-2-1-3-13(20)9-11/h1-7,9,20H,8,16H2,(H,17,18,19). The molecule has 0 fully saturated rings. The lowest BCUT2D eigenvalue weighted by Gasteiger charge is -1.98. The summed E-state index contributed by atoms with van der Waals surface area (Å²) in [6.07, 6.45) is 0.659. The number of aromatic amines is 1. The van der Waals surface area contributed by atoms with Crippen LogP contribution in [0.15, 0.2) is 48.5 Å². The maximum absolute atomic E-state index is 9.46. The zero-order valence-corrected chi connectivity index (χ0v) is 10.7. The molecular formula is C15H14N4O. The first-order valence-corrected chi connectivity index (χ1v) is 6.26. The van der Waals surface area contributed by atoms with Gasteiger partial charge in [-0.1, -0.05) is 24.3 Å². The Morgan fingerprint density at radius 3 is 2.65 bits per heavy atom. The lowest BCUT2D eigenvalue weighted by Crippen LogP contribution is -1.92. The number of H-pyrrole nitrogens is 1. The number of benzene rings is 2. The number of nitrogens with zero attached hydrogens (tertiary/aromatic N) is 2. The highest BCUT2D eigenvalue weighted by Gasteiger charge is 2.07. The monoisotopic (exact) mass is 266 g/mol. The van der Waals surface area contributed by atoms with Crippen LogP contribution in [0.5, 0.6) is 5.75 Å². The number of nitrogens with two attached hydrogens (primary N) is 1. The quantitative estimate of drug-likeness (QED) is 0.635. The van der Waals surface area contributed by atoms with E-state index in [2.05, 4.69) is 15.2 Å². The molecule has 0 spiro atoms. The van der Waals surface area contributed by atoms with Crippen molar-refractivity contribution in [2.24, 2.45) is 0 Å². The highest BCUT2D eigenvalue weighted by Crippen LogP contribution is 2.20. The molecule has 20 heavy (non-hydrogen) atoms. The van der Waals surface area contributed by atoms with E-state index in [0.29, 0.717) is 12.2 Å². The van der Waals surface area contributed by atoms with Crippen LogP contribution >= 0.6 is 0 Å². The lowest BCUT2D eigenvalue weighted by molar-refractivity contribution is 0.475. The number of phenolic OH excluding ortho intramolecular Hbond substituents is 1. The molecule has 0 aliphatic rings. The normalized spacial score (nSPS) is 10.6. The summed E-state index contributed by atoms with van der Waals surface area (Å²) in [7, 11) is 0. The zero-order chi connectivity index (χ0) is 13.9. The second-order valence-electron chi connectivity index (χ2n) is 4.57. The van der Waals surface area contributed by atoms with Crippen molar-refractivity contribution in [3.05, 3.63) is 59.9 Å². The van der Waals surface area contributed by atoms with Gasteiger partial charge < -0.3 is 10.8 Å². The Bertz CT molecular complexity index is 719. The minimum atomic E-state index is 0.201. The summed E-state index contributed by atoms with van der Waals surface area (Å²) in [6, 6.07) is 14.5. The Hall–Kier alpha value is -2.82. The number of nitrogens with one attached hydrogen (secondary N) is 1. The van der Waals surface area contributed by atoms with Crippen LogP contribution in [0.25, 0.3) is 11.4 Å². The van der Waals surface area contributed by atoms with Crippen molar-refractivity contribution in [3.8, 4) is 17.1 Å². The molecule has 5 nitrogen and oxygen atoms in total. The summed E-state index contributed by atoms with van der Waals surface area (Å²) < 4.78 is 0. The average Bonchev–Trinajstić information content (AvgIpc) is 2.90. The molecular weight excluding hydrogens is 252 g/mol. The summed E-state index contributed by atoms with van der Waals surface area (Å²) in [6.45, 7) is 0. The molecule has 0 amide bonds. The van der Waals surface area contributed by atoms with Gasteiger partial charge in [-0.15, -0.1) is 0 Å². The van der Waals surface area contributed by atoms with Gasteiger partial charge in [0.1, 0.15) is 11.6 Å². The molecule has 5 heteroatoms. The van der Waals surface area contributed by atoms with Crippen molar-refractivity contribution in [2.75, 3.05) is 5.73 Å². The van der Waals surface area contributed by atoms with Gasteiger partial charge in [0, 0.05) is 17.7 Å². The Balaban J connectivity index is 1.82. The molecule has 0 radical (unpaired) electrons. The van der Waals surface area contributed by atoms with Crippen LogP contribution in [0.3, 0.4) is 0 Å². The predicted octanol–water partition coefficient (Wildman–Crippen LogP) is 2.35. The number of nitrogen functional groups attached to an aromatic ring is 1. The number of phenols is 1. The first kappa shape index (κ1) is 12.2. The minimum absolute atomic E-state index is 0.201. The molecule has 0 saturated heterocycles. The van der Waals surface area contributed by atoms with E-state index in [1.54, 1.807) is 18.2 Å². The van der Waals surface area contributed by atoms with E-state index >= 15 is 0 Å². The maximum atomic E-state index is 9.46. The largest absolute Gasteiger partial charge is 0.508 e. The molecule has 0 saturated carbocycles. The second kappa shape index (κ2) is 5.05. The van der Waals surface area contributed by atoms with Gasteiger partial charge in [-0.05, 0) is 29.8 Å². The van der Waals surface area contributed by atoms with E-state index in [0.717, 1.165) is 22.6 Å². The fraction of sp³-hybridized carbons (Fsp3) is 0.0667. The molecule has 2 aromatic carbocycles. The number of anilines is 1. The SMILES string of the molecule is Nc1ccc(Cc2nc(-c3cccc(O)c3)n[nH]2)cc1. The molecule has 1 aromatic heterocycles. The Labute approximate surface area is 116 Å². The molecule has 3 aromatic rings. The van der Waals surface area contributed by atoms with E-state index in [9.17, 15) is 5.11 Å². The van der Waals surface area contributed by atoms with Gasteiger partial charge in [0.05, 0.1) is 0 Å². The fourth-order valence-corrected chi connectivity index (χ4v) is 1.98.